The van der Waals surface area contributed by atoms with Crippen molar-refractivity contribution in [2.24, 2.45) is 0 Å². The van der Waals surface area contributed by atoms with Gasteiger partial charge in [0.25, 0.3) is 0 Å². The number of rotatable bonds is 3. The minimum absolute atomic E-state index is 0.377. The maximum Gasteiger partial charge on any atom is 0.183 e. The maximum atomic E-state index is 9.16. The Kier molecular flexibility index (Phi) is 3.69. The largest absolute Gasteiger partial charge is 0.494 e. The summed E-state index contributed by atoms with van der Waals surface area (Å²) in [6, 6.07) is 8.32. The third kappa shape index (κ3) is 2.65. The molecule has 5 nitrogen and oxygen atoms in total. The molecule has 0 N–H and O–H groups in total. The van der Waals surface area contributed by atoms with Gasteiger partial charge in [0, 0.05) is 25.5 Å². The molecule has 3 rings (SSSR count). The highest BCUT2D eigenvalue weighted by Gasteiger charge is 2.20. The fourth-order valence-electron chi connectivity index (χ4n) is 2.61. The standard InChI is InChI=1S/C16H16N4O/c1-2-21-14-4-3-12-5-8-20(11-13(12)9-14)16-15(10-17)18-6-7-19-16/h3-4,6-7,9H,2,5,8,11H2,1H3. The second-order valence-corrected chi connectivity index (χ2v) is 4.88. The Labute approximate surface area is 123 Å². The van der Waals surface area contributed by atoms with Gasteiger partial charge in [-0.2, -0.15) is 5.26 Å². The summed E-state index contributed by atoms with van der Waals surface area (Å²) < 4.78 is 5.56. The molecule has 0 aliphatic carbocycles. The van der Waals surface area contributed by atoms with Crippen LogP contribution >= 0.6 is 0 Å². The number of fused-ring (bicyclic) bond motifs is 1. The third-order valence-electron chi connectivity index (χ3n) is 3.59. The maximum absolute atomic E-state index is 9.16. The average molecular weight is 280 g/mol. The first-order valence-corrected chi connectivity index (χ1v) is 7.02. The van der Waals surface area contributed by atoms with Crippen molar-refractivity contribution in [3.05, 3.63) is 47.4 Å². The molecule has 5 heteroatoms. The number of hydrogen-bond donors (Lipinski definition) is 0. The fraction of sp³-hybridized carbons (Fsp3) is 0.312. The molecule has 21 heavy (non-hydrogen) atoms. The Hall–Kier alpha value is -2.61. The molecular formula is C16H16N4O. The van der Waals surface area contributed by atoms with Gasteiger partial charge in [0.2, 0.25) is 0 Å². The third-order valence-corrected chi connectivity index (χ3v) is 3.59. The average Bonchev–Trinajstić information content (AvgIpc) is 2.54. The van der Waals surface area contributed by atoms with E-state index in [1.807, 2.05) is 13.0 Å². The predicted octanol–water partition coefficient (Wildman–Crippen LogP) is 2.31. The van der Waals surface area contributed by atoms with Crippen LogP contribution in [0.2, 0.25) is 0 Å². The van der Waals surface area contributed by atoms with Crippen molar-refractivity contribution in [1.82, 2.24) is 9.97 Å². The molecule has 0 atom stereocenters. The first-order valence-electron chi connectivity index (χ1n) is 7.02. The van der Waals surface area contributed by atoms with Crippen molar-refractivity contribution < 1.29 is 4.74 Å². The van der Waals surface area contributed by atoms with Crippen molar-refractivity contribution in [2.45, 2.75) is 19.9 Å². The molecule has 2 heterocycles. The Bertz CT molecular complexity index is 693. The van der Waals surface area contributed by atoms with Gasteiger partial charge < -0.3 is 9.64 Å². The van der Waals surface area contributed by atoms with E-state index in [9.17, 15) is 0 Å². The summed E-state index contributed by atoms with van der Waals surface area (Å²) >= 11 is 0. The number of aromatic nitrogens is 2. The van der Waals surface area contributed by atoms with E-state index in [4.69, 9.17) is 10.00 Å². The van der Waals surface area contributed by atoms with Gasteiger partial charge in [0.1, 0.15) is 11.8 Å². The van der Waals surface area contributed by atoms with Crippen LogP contribution in [0.1, 0.15) is 23.7 Å². The van der Waals surface area contributed by atoms with Gasteiger partial charge in [-0.3, -0.25) is 0 Å². The lowest BCUT2D eigenvalue weighted by molar-refractivity contribution is 0.339. The second kappa shape index (κ2) is 5.80. The van der Waals surface area contributed by atoms with Crippen LogP contribution in [-0.4, -0.2) is 23.1 Å². The van der Waals surface area contributed by atoms with Gasteiger partial charge >= 0.3 is 0 Å². The van der Waals surface area contributed by atoms with Crippen molar-refractivity contribution in [2.75, 3.05) is 18.1 Å². The number of anilines is 1. The number of hydrogen-bond acceptors (Lipinski definition) is 5. The lowest BCUT2D eigenvalue weighted by Gasteiger charge is -2.30. The van der Waals surface area contributed by atoms with Crippen LogP contribution in [0.25, 0.3) is 0 Å². The zero-order valence-corrected chi connectivity index (χ0v) is 11.9. The van der Waals surface area contributed by atoms with Gasteiger partial charge in [-0.05, 0) is 36.6 Å². The number of nitriles is 1. The van der Waals surface area contributed by atoms with Crippen LogP contribution in [-0.2, 0) is 13.0 Å². The van der Waals surface area contributed by atoms with Gasteiger partial charge in [0.15, 0.2) is 11.5 Å². The molecule has 1 aromatic carbocycles. The summed E-state index contributed by atoms with van der Waals surface area (Å²) in [6.45, 7) is 4.20. The summed E-state index contributed by atoms with van der Waals surface area (Å²) in [4.78, 5) is 10.5. The van der Waals surface area contributed by atoms with Gasteiger partial charge in [-0.15, -0.1) is 0 Å². The van der Waals surface area contributed by atoms with Gasteiger partial charge in [0.05, 0.1) is 6.61 Å². The zero-order valence-electron chi connectivity index (χ0n) is 11.9. The van der Waals surface area contributed by atoms with Gasteiger partial charge in [-0.1, -0.05) is 6.07 Å². The van der Waals surface area contributed by atoms with Crippen LogP contribution in [0.4, 0.5) is 5.82 Å². The molecule has 1 aliphatic heterocycles. The molecule has 0 radical (unpaired) electrons. The molecule has 2 aromatic rings. The van der Waals surface area contributed by atoms with Crippen LogP contribution in [0, 0.1) is 11.3 Å². The highest BCUT2D eigenvalue weighted by atomic mass is 16.5. The first-order chi connectivity index (χ1) is 10.3. The van der Waals surface area contributed by atoms with Crippen LogP contribution in [0.5, 0.6) is 5.75 Å². The molecule has 0 saturated carbocycles. The van der Waals surface area contributed by atoms with Crippen molar-refractivity contribution in [3.63, 3.8) is 0 Å². The van der Waals surface area contributed by atoms with E-state index in [1.165, 1.54) is 11.1 Å². The minimum Gasteiger partial charge on any atom is -0.494 e. The molecule has 0 unspecified atom stereocenters. The van der Waals surface area contributed by atoms with Crippen LogP contribution in [0.15, 0.2) is 30.6 Å². The Balaban J connectivity index is 1.90. The Morgan fingerprint density at radius 1 is 1.29 bits per heavy atom. The van der Waals surface area contributed by atoms with E-state index in [2.05, 4.69) is 33.1 Å². The monoisotopic (exact) mass is 280 g/mol. The molecule has 0 fully saturated rings. The number of nitrogens with zero attached hydrogens (tertiary/aromatic N) is 4. The Morgan fingerprint density at radius 2 is 2.14 bits per heavy atom. The first kappa shape index (κ1) is 13.4. The van der Waals surface area contributed by atoms with Crippen molar-refractivity contribution in [3.8, 4) is 11.8 Å². The summed E-state index contributed by atoms with van der Waals surface area (Å²) in [5, 5.41) is 9.16. The zero-order chi connectivity index (χ0) is 14.7. The van der Waals surface area contributed by atoms with Gasteiger partial charge in [-0.25, -0.2) is 9.97 Å². The molecule has 0 saturated heterocycles. The molecule has 1 aliphatic rings. The second-order valence-electron chi connectivity index (χ2n) is 4.88. The van der Waals surface area contributed by atoms with E-state index in [-0.39, 0.29) is 0 Å². The number of benzene rings is 1. The quantitative estimate of drug-likeness (QED) is 0.863. The molecule has 0 spiro atoms. The highest BCUT2D eigenvalue weighted by molar-refractivity contribution is 5.52. The molecular weight excluding hydrogens is 264 g/mol. The smallest absolute Gasteiger partial charge is 0.183 e. The summed E-state index contributed by atoms with van der Waals surface area (Å²) in [5.41, 5.74) is 2.93. The summed E-state index contributed by atoms with van der Waals surface area (Å²) in [5.74, 6) is 1.55. The molecule has 106 valence electrons. The summed E-state index contributed by atoms with van der Waals surface area (Å²) in [6.07, 6.45) is 4.11. The van der Waals surface area contributed by atoms with E-state index in [0.717, 1.165) is 25.3 Å². The summed E-state index contributed by atoms with van der Waals surface area (Å²) in [7, 11) is 0. The lowest BCUT2D eigenvalue weighted by atomic mass is 9.99. The molecule has 0 bridgehead atoms. The molecule has 0 amide bonds. The van der Waals surface area contributed by atoms with Crippen molar-refractivity contribution >= 4 is 5.82 Å². The van der Waals surface area contributed by atoms with E-state index < -0.39 is 0 Å². The van der Waals surface area contributed by atoms with E-state index >= 15 is 0 Å². The minimum atomic E-state index is 0.377. The van der Waals surface area contributed by atoms with Crippen molar-refractivity contribution in [1.29, 1.82) is 5.26 Å². The molecule has 1 aromatic heterocycles. The number of ether oxygens (including phenoxy) is 1. The van der Waals surface area contributed by atoms with E-state index in [0.29, 0.717) is 18.1 Å². The van der Waals surface area contributed by atoms with Crippen LogP contribution in [0.3, 0.4) is 0 Å². The SMILES string of the molecule is CCOc1ccc2c(c1)CN(c1nccnc1C#N)CC2. The fourth-order valence-corrected chi connectivity index (χ4v) is 2.61. The predicted molar refractivity (Wildman–Crippen MR) is 79.1 cm³/mol. The normalized spacial score (nSPS) is 13.4. The topological polar surface area (TPSA) is 62.0 Å². The lowest BCUT2D eigenvalue weighted by Crippen LogP contribution is -2.31. The van der Waals surface area contributed by atoms with Crippen LogP contribution < -0.4 is 9.64 Å². The highest BCUT2D eigenvalue weighted by Crippen LogP contribution is 2.27. The Morgan fingerprint density at radius 3 is 2.95 bits per heavy atom. The van der Waals surface area contributed by atoms with E-state index in [1.54, 1.807) is 12.4 Å².